The molecular weight excluding hydrogens is 414 g/mol. The Morgan fingerprint density at radius 2 is 1.61 bits per heavy atom. The number of carbonyl (C=O) groups excluding carboxylic acids is 2. The molecule has 170 valence electrons. The number of hydrogen-bond acceptors (Lipinski definition) is 4. The molecule has 0 spiro atoms. The minimum atomic E-state index is -3.54. The smallest absolute Gasteiger partial charge is 0.243 e. The first-order chi connectivity index (χ1) is 14.9. The molecule has 0 aromatic heterocycles. The zero-order valence-corrected chi connectivity index (χ0v) is 19.1. The average molecular weight is 448 g/mol. The predicted octanol–water partition coefficient (Wildman–Crippen LogP) is 2.98. The van der Waals surface area contributed by atoms with Crippen LogP contribution < -0.4 is 10.2 Å². The third-order valence-corrected chi connectivity index (χ3v) is 8.73. The predicted molar refractivity (Wildman–Crippen MR) is 119 cm³/mol. The van der Waals surface area contributed by atoms with Crippen molar-refractivity contribution in [1.29, 1.82) is 0 Å². The summed E-state index contributed by atoms with van der Waals surface area (Å²) >= 11 is 0. The Morgan fingerprint density at radius 1 is 0.968 bits per heavy atom. The molecule has 1 aliphatic carbocycles. The second-order valence-electron chi connectivity index (χ2n) is 9.06. The Balaban J connectivity index is 1.54. The van der Waals surface area contributed by atoms with E-state index in [0.717, 1.165) is 44.1 Å². The Labute approximate surface area is 185 Å². The molecule has 1 N–H and O–H groups in total. The molecule has 4 rings (SSSR count). The molecule has 2 heterocycles. The van der Waals surface area contributed by atoms with Gasteiger partial charge in [-0.1, -0.05) is 32.1 Å². The van der Waals surface area contributed by atoms with Crippen molar-refractivity contribution in [2.75, 3.05) is 18.0 Å². The number of nitrogens with one attached hydrogen (secondary N) is 1. The number of benzene rings is 1. The number of fused-ring (bicyclic) bond motifs is 1. The molecule has 2 aliphatic heterocycles. The monoisotopic (exact) mass is 447 g/mol. The molecule has 1 aromatic rings. The summed E-state index contributed by atoms with van der Waals surface area (Å²) in [6.07, 6.45) is 9.96. The van der Waals surface area contributed by atoms with E-state index >= 15 is 0 Å². The summed E-state index contributed by atoms with van der Waals surface area (Å²) in [6, 6.07) is 4.43. The lowest BCUT2D eigenvalue weighted by atomic mass is 9.96. The van der Waals surface area contributed by atoms with Gasteiger partial charge in [0.25, 0.3) is 0 Å². The quantitative estimate of drug-likeness (QED) is 0.769. The van der Waals surface area contributed by atoms with Gasteiger partial charge in [0.05, 0.1) is 4.90 Å². The van der Waals surface area contributed by atoms with Crippen LogP contribution in [-0.2, 0) is 26.0 Å². The van der Waals surface area contributed by atoms with E-state index in [1.807, 2.05) is 0 Å². The first-order valence-corrected chi connectivity index (χ1v) is 13.0. The van der Waals surface area contributed by atoms with Gasteiger partial charge in [-0.15, -0.1) is 0 Å². The number of carbonyl (C=O) groups is 2. The second kappa shape index (κ2) is 9.28. The SMILES string of the molecule is CC(=O)N1c2ccc(S(=O)(=O)N3CCCC3)cc2C[C@@H]1C(=O)NC1CCCCCCC1. The lowest BCUT2D eigenvalue weighted by Crippen LogP contribution is -2.50. The molecular formula is C23H33N3O4S. The minimum absolute atomic E-state index is 0.138. The molecule has 31 heavy (non-hydrogen) atoms. The van der Waals surface area contributed by atoms with Crippen LogP contribution in [0.4, 0.5) is 5.69 Å². The topological polar surface area (TPSA) is 86.8 Å². The van der Waals surface area contributed by atoms with Gasteiger partial charge in [0.15, 0.2) is 0 Å². The van der Waals surface area contributed by atoms with Crippen LogP contribution in [0.2, 0.25) is 0 Å². The molecule has 1 atom stereocenters. The van der Waals surface area contributed by atoms with E-state index in [1.54, 1.807) is 18.2 Å². The zero-order chi connectivity index (χ0) is 22.0. The van der Waals surface area contributed by atoms with Crippen molar-refractivity contribution in [1.82, 2.24) is 9.62 Å². The van der Waals surface area contributed by atoms with Crippen molar-refractivity contribution >= 4 is 27.5 Å². The van der Waals surface area contributed by atoms with Gasteiger partial charge in [0.1, 0.15) is 6.04 Å². The number of amides is 2. The average Bonchev–Trinajstić information content (AvgIpc) is 3.37. The van der Waals surface area contributed by atoms with Crippen LogP contribution >= 0.6 is 0 Å². The maximum absolute atomic E-state index is 13.2. The number of rotatable bonds is 4. The normalized spacial score (nSPS) is 23.3. The third kappa shape index (κ3) is 4.65. The number of sulfonamides is 1. The van der Waals surface area contributed by atoms with Gasteiger partial charge in [-0.2, -0.15) is 4.31 Å². The van der Waals surface area contributed by atoms with Gasteiger partial charge in [0.2, 0.25) is 21.8 Å². The summed E-state index contributed by atoms with van der Waals surface area (Å²) in [6.45, 7) is 2.55. The largest absolute Gasteiger partial charge is 0.352 e. The molecule has 2 fully saturated rings. The van der Waals surface area contributed by atoms with Gasteiger partial charge in [-0.3, -0.25) is 14.5 Å². The summed E-state index contributed by atoms with van der Waals surface area (Å²) in [5, 5.41) is 3.18. The van der Waals surface area contributed by atoms with Gasteiger partial charge in [-0.05, 0) is 49.4 Å². The van der Waals surface area contributed by atoms with E-state index in [-0.39, 0.29) is 22.8 Å². The van der Waals surface area contributed by atoms with E-state index in [2.05, 4.69) is 5.32 Å². The van der Waals surface area contributed by atoms with Crippen molar-refractivity contribution in [3.05, 3.63) is 23.8 Å². The second-order valence-corrected chi connectivity index (χ2v) is 11.0. The highest BCUT2D eigenvalue weighted by molar-refractivity contribution is 7.89. The Hall–Kier alpha value is -1.93. The summed E-state index contributed by atoms with van der Waals surface area (Å²) < 4.78 is 27.4. The van der Waals surface area contributed by atoms with Crippen LogP contribution in [0.3, 0.4) is 0 Å². The highest BCUT2D eigenvalue weighted by Crippen LogP contribution is 2.35. The zero-order valence-electron chi connectivity index (χ0n) is 18.3. The van der Waals surface area contributed by atoms with Crippen molar-refractivity contribution in [2.24, 2.45) is 0 Å². The van der Waals surface area contributed by atoms with Crippen molar-refractivity contribution in [2.45, 2.75) is 88.1 Å². The summed E-state index contributed by atoms with van der Waals surface area (Å²) in [4.78, 5) is 27.4. The minimum Gasteiger partial charge on any atom is -0.352 e. The summed E-state index contributed by atoms with van der Waals surface area (Å²) in [5.41, 5.74) is 1.39. The number of nitrogens with zero attached hydrogens (tertiary/aromatic N) is 2. The Kier molecular flexibility index (Phi) is 6.67. The fourth-order valence-corrected chi connectivity index (χ4v) is 6.73. The van der Waals surface area contributed by atoms with Crippen LogP contribution in [-0.4, -0.2) is 49.7 Å². The van der Waals surface area contributed by atoms with E-state index in [4.69, 9.17) is 0 Å². The molecule has 2 amide bonds. The molecule has 1 saturated carbocycles. The molecule has 7 nitrogen and oxygen atoms in total. The summed E-state index contributed by atoms with van der Waals surface area (Å²) in [7, 11) is -3.54. The van der Waals surface area contributed by atoms with Crippen molar-refractivity contribution < 1.29 is 18.0 Å². The molecule has 3 aliphatic rings. The van der Waals surface area contributed by atoms with E-state index in [9.17, 15) is 18.0 Å². The fraction of sp³-hybridized carbons (Fsp3) is 0.652. The van der Waals surface area contributed by atoms with Gasteiger partial charge >= 0.3 is 0 Å². The van der Waals surface area contributed by atoms with E-state index < -0.39 is 16.1 Å². The Bertz CT molecular complexity index is 932. The standard InChI is InChI=1S/C23H33N3O4S/c1-17(27)26-21-12-11-20(31(29,30)25-13-7-8-14-25)15-18(21)16-22(26)23(28)24-19-9-5-3-2-4-6-10-19/h11-12,15,19,22H,2-10,13-14,16H2,1H3,(H,24,28)/t22-/m1/s1. The third-order valence-electron chi connectivity index (χ3n) is 6.83. The first kappa shape index (κ1) is 22.3. The number of hydrogen-bond donors (Lipinski definition) is 1. The Morgan fingerprint density at radius 3 is 2.26 bits per heavy atom. The highest BCUT2D eigenvalue weighted by atomic mass is 32.2. The van der Waals surface area contributed by atoms with E-state index in [0.29, 0.717) is 25.2 Å². The lowest BCUT2D eigenvalue weighted by molar-refractivity contribution is -0.126. The summed E-state index contributed by atoms with van der Waals surface area (Å²) in [5.74, 6) is -0.340. The molecule has 0 bridgehead atoms. The maximum atomic E-state index is 13.2. The van der Waals surface area contributed by atoms with Crippen molar-refractivity contribution in [3.63, 3.8) is 0 Å². The van der Waals surface area contributed by atoms with Gasteiger partial charge < -0.3 is 5.32 Å². The maximum Gasteiger partial charge on any atom is 0.243 e. The van der Waals surface area contributed by atoms with Crippen LogP contribution in [0.25, 0.3) is 0 Å². The van der Waals surface area contributed by atoms with Crippen LogP contribution in [0.5, 0.6) is 0 Å². The van der Waals surface area contributed by atoms with Gasteiger partial charge in [0, 0.05) is 38.2 Å². The van der Waals surface area contributed by atoms with E-state index in [1.165, 1.54) is 35.4 Å². The molecule has 0 unspecified atom stereocenters. The molecule has 0 radical (unpaired) electrons. The van der Waals surface area contributed by atoms with Crippen LogP contribution in [0.15, 0.2) is 23.1 Å². The molecule has 1 saturated heterocycles. The van der Waals surface area contributed by atoms with Crippen LogP contribution in [0.1, 0.15) is 70.3 Å². The fourth-order valence-electron chi connectivity index (χ4n) is 5.16. The van der Waals surface area contributed by atoms with Gasteiger partial charge in [-0.25, -0.2) is 8.42 Å². The van der Waals surface area contributed by atoms with Crippen LogP contribution in [0, 0.1) is 0 Å². The molecule has 8 heteroatoms. The number of anilines is 1. The molecule has 1 aromatic carbocycles. The van der Waals surface area contributed by atoms with Crippen molar-refractivity contribution in [3.8, 4) is 0 Å². The highest BCUT2D eigenvalue weighted by Gasteiger charge is 2.39. The lowest BCUT2D eigenvalue weighted by Gasteiger charge is -2.27. The first-order valence-electron chi connectivity index (χ1n) is 11.6.